The number of ether oxygens (including phenoxy) is 4. The van der Waals surface area contributed by atoms with Gasteiger partial charge in [0.25, 0.3) is 0 Å². The Morgan fingerprint density at radius 2 is 1.42 bits per heavy atom. The number of nitrogens with zero attached hydrogens (tertiary/aromatic N) is 2. The lowest BCUT2D eigenvalue weighted by atomic mass is 10.1. The van der Waals surface area contributed by atoms with Crippen molar-refractivity contribution in [2.24, 2.45) is 0 Å². The molecule has 1 heterocycles. The van der Waals surface area contributed by atoms with E-state index < -0.39 is 0 Å². The van der Waals surface area contributed by atoms with Gasteiger partial charge in [0.15, 0.2) is 23.0 Å². The zero-order valence-electron chi connectivity index (χ0n) is 19.1. The van der Waals surface area contributed by atoms with Crippen LogP contribution in [-0.4, -0.2) is 37.5 Å². The molecule has 0 saturated heterocycles. The van der Waals surface area contributed by atoms with Gasteiger partial charge in [0, 0.05) is 13.0 Å². The molecule has 7 heteroatoms. The molecule has 0 saturated carbocycles. The second-order valence-corrected chi connectivity index (χ2v) is 7.39. The summed E-state index contributed by atoms with van der Waals surface area (Å²) in [7, 11) is 4.95. The summed E-state index contributed by atoms with van der Waals surface area (Å²) < 4.78 is 24.4. The van der Waals surface area contributed by atoms with Gasteiger partial charge in [0.2, 0.25) is 0 Å². The number of para-hydroxylation sites is 4. The first-order chi connectivity index (χ1) is 15.7. The molecule has 174 valence electrons. The minimum absolute atomic E-state index is 0. The molecule has 6 nitrogen and oxygen atoms in total. The monoisotopic (exact) mass is 468 g/mol. The van der Waals surface area contributed by atoms with Crippen LogP contribution in [0, 0.1) is 0 Å². The number of benzene rings is 3. The molecule has 1 aromatic heterocycles. The highest BCUT2D eigenvalue weighted by Gasteiger charge is 2.13. The zero-order chi connectivity index (χ0) is 22.3. The number of fused-ring (bicyclic) bond motifs is 1. The lowest BCUT2D eigenvalue weighted by Crippen LogP contribution is -2.09. The third kappa shape index (κ3) is 5.52. The highest BCUT2D eigenvalue weighted by Crippen LogP contribution is 2.29. The van der Waals surface area contributed by atoms with Crippen LogP contribution in [0.4, 0.5) is 0 Å². The van der Waals surface area contributed by atoms with Crippen molar-refractivity contribution in [1.82, 2.24) is 9.55 Å². The molecule has 0 aliphatic heterocycles. The first-order valence-corrected chi connectivity index (χ1v) is 10.6. The van der Waals surface area contributed by atoms with E-state index in [0.717, 1.165) is 58.4 Å². The van der Waals surface area contributed by atoms with Gasteiger partial charge in [0.1, 0.15) is 5.82 Å². The van der Waals surface area contributed by atoms with Crippen LogP contribution in [0.15, 0.2) is 66.7 Å². The van der Waals surface area contributed by atoms with E-state index >= 15 is 0 Å². The van der Waals surface area contributed by atoms with E-state index in [4.69, 9.17) is 23.9 Å². The second kappa shape index (κ2) is 11.5. The van der Waals surface area contributed by atoms with Gasteiger partial charge in [-0.05, 0) is 48.4 Å². The molecule has 0 radical (unpaired) electrons. The Morgan fingerprint density at radius 3 is 2.18 bits per heavy atom. The highest BCUT2D eigenvalue weighted by molar-refractivity contribution is 5.85. The highest BCUT2D eigenvalue weighted by atomic mass is 35.5. The average molecular weight is 469 g/mol. The first-order valence-electron chi connectivity index (χ1n) is 10.6. The largest absolute Gasteiger partial charge is 0.493 e. The van der Waals surface area contributed by atoms with Crippen molar-refractivity contribution in [3.8, 4) is 23.0 Å². The molecule has 0 atom stereocenters. The van der Waals surface area contributed by atoms with Crippen LogP contribution in [0.25, 0.3) is 11.0 Å². The molecule has 0 N–H and O–H groups in total. The van der Waals surface area contributed by atoms with Crippen molar-refractivity contribution >= 4 is 23.4 Å². The summed E-state index contributed by atoms with van der Waals surface area (Å²) in [4.78, 5) is 4.90. The summed E-state index contributed by atoms with van der Waals surface area (Å²) in [6.07, 6.45) is 1.54. The SMILES string of the molecule is COc1ccc(Cc2nc3ccccc3n2CCCOc2ccccc2OC)cc1OC.Cl. The molecular formula is C26H29ClN2O4. The Bertz CT molecular complexity index is 1190. The summed E-state index contributed by atoms with van der Waals surface area (Å²) >= 11 is 0. The minimum Gasteiger partial charge on any atom is -0.493 e. The number of imidazole rings is 1. The van der Waals surface area contributed by atoms with E-state index in [9.17, 15) is 0 Å². The summed E-state index contributed by atoms with van der Waals surface area (Å²) in [6.45, 7) is 1.39. The van der Waals surface area contributed by atoms with Crippen LogP contribution in [0.2, 0.25) is 0 Å². The standard InChI is InChI=1S/C26H28N2O4.ClH/c1-29-22-11-6-7-12-24(22)32-16-8-15-28-21-10-5-4-9-20(21)27-26(28)18-19-13-14-23(30-2)25(17-19)31-3;/h4-7,9-14,17H,8,15-16,18H2,1-3H3;1H. The number of aryl methyl sites for hydroxylation is 1. The van der Waals surface area contributed by atoms with Gasteiger partial charge in [-0.3, -0.25) is 0 Å². The normalized spacial score (nSPS) is 10.5. The maximum absolute atomic E-state index is 5.96. The topological polar surface area (TPSA) is 54.7 Å². The Kier molecular flexibility index (Phi) is 8.44. The number of rotatable bonds is 10. The third-order valence-corrected chi connectivity index (χ3v) is 5.40. The maximum Gasteiger partial charge on any atom is 0.161 e. The summed E-state index contributed by atoms with van der Waals surface area (Å²) in [5.74, 6) is 3.96. The molecule has 33 heavy (non-hydrogen) atoms. The van der Waals surface area contributed by atoms with Crippen molar-refractivity contribution in [3.05, 3.63) is 78.1 Å². The summed E-state index contributed by atoms with van der Waals surface area (Å²) in [5, 5.41) is 0. The van der Waals surface area contributed by atoms with Crippen molar-refractivity contribution in [1.29, 1.82) is 0 Å². The van der Waals surface area contributed by atoms with Crippen molar-refractivity contribution in [2.75, 3.05) is 27.9 Å². The van der Waals surface area contributed by atoms with Crippen molar-refractivity contribution < 1.29 is 18.9 Å². The molecule has 0 unspecified atom stereocenters. The van der Waals surface area contributed by atoms with Gasteiger partial charge in [-0.15, -0.1) is 12.4 Å². The Hall–Kier alpha value is -3.38. The molecule has 0 amide bonds. The molecule has 0 bridgehead atoms. The van der Waals surface area contributed by atoms with Gasteiger partial charge in [-0.1, -0.05) is 30.3 Å². The van der Waals surface area contributed by atoms with E-state index in [-0.39, 0.29) is 12.4 Å². The van der Waals surface area contributed by atoms with Crippen LogP contribution < -0.4 is 18.9 Å². The molecule has 4 rings (SSSR count). The zero-order valence-corrected chi connectivity index (χ0v) is 19.9. The van der Waals surface area contributed by atoms with Gasteiger partial charge >= 0.3 is 0 Å². The van der Waals surface area contributed by atoms with Crippen LogP contribution in [-0.2, 0) is 13.0 Å². The van der Waals surface area contributed by atoms with Crippen LogP contribution in [0.1, 0.15) is 17.8 Å². The summed E-state index contributed by atoms with van der Waals surface area (Å²) in [6, 6.07) is 21.9. The molecule has 0 fully saturated rings. The van der Waals surface area contributed by atoms with E-state index in [0.29, 0.717) is 13.0 Å². The number of hydrogen-bond donors (Lipinski definition) is 0. The Labute approximate surface area is 200 Å². The second-order valence-electron chi connectivity index (χ2n) is 7.39. The fraction of sp³-hybridized carbons (Fsp3) is 0.269. The lowest BCUT2D eigenvalue weighted by Gasteiger charge is -2.13. The minimum atomic E-state index is 0. The molecule has 0 aliphatic carbocycles. The maximum atomic E-state index is 5.96. The average Bonchev–Trinajstić information content (AvgIpc) is 3.18. The van der Waals surface area contributed by atoms with Gasteiger partial charge in [0.05, 0.1) is 39.0 Å². The predicted octanol–water partition coefficient (Wildman–Crippen LogP) is 5.54. The number of methoxy groups -OCH3 is 3. The van der Waals surface area contributed by atoms with Crippen molar-refractivity contribution in [2.45, 2.75) is 19.4 Å². The molecule has 3 aromatic carbocycles. The summed E-state index contributed by atoms with van der Waals surface area (Å²) in [5.41, 5.74) is 3.23. The Morgan fingerprint density at radius 1 is 0.758 bits per heavy atom. The number of halogens is 1. The fourth-order valence-corrected chi connectivity index (χ4v) is 3.83. The van der Waals surface area contributed by atoms with Crippen LogP contribution in [0.5, 0.6) is 23.0 Å². The van der Waals surface area contributed by atoms with Gasteiger partial charge in [-0.2, -0.15) is 0 Å². The lowest BCUT2D eigenvalue weighted by molar-refractivity contribution is 0.283. The predicted molar refractivity (Wildman–Crippen MR) is 132 cm³/mol. The molecular weight excluding hydrogens is 440 g/mol. The molecule has 4 aromatic rings. The van der Waals surface area contributed by atoms with Gasteiger partial charge < -0.3 is 23.5 Å². The van der Waals surface area contributed by atoms with E-state index in [1.165, 1.54) is 0 Å². The van der Waals surface area contributed by atoms with E-state index in [2.05, 4.69) is 22.8 Å². The van der Waals surface area contributed by atoms with Gasteiger partial charge in [-0.25, -0.2) is 4.98 Å². The molecule has 0 spiro atoms. The van der Waals surface area contributed by atoms with Crippen LogP contribution >= 0.6 is 12.4 Å². The van der Waals surface area contributed by atoms with E-state index in [1.54, 1.807) is 21.3 Å². The Balaban J connectivity index is 0.00000306. The first kappa shape index (κ1) is 24.3. The smallest absolute Gasteiger partial charge is 0.161 e. The molecule has 0 aliphatic rings. The number of hydrogen-bond acceptors (Lipinski definition) is 5. The van der Waals surface area contributed by atoms with E-state index in [1.807, 2.05) is 48.5 Å². The third-order valence-electron chi connectivity index (χ3n) is 5.40. The quantitative estimate of drug-likeness (QED) is 0.286. The van der Waals surface area contributed by atoms with Crippen LogP contribution in [0.3, 0.4) is 0 Å². The fourth-order valence-electron chi connectivity index (χ4n) is 3.83. The van der Waals surface area contributed by atoms with Crippen molar-refractivity contribution in [3.63, 3.8) is 0 Å². The number of aromatic nitrogens is 2.